The van der Waals surface area contributed by atoms with Crippen LogP contribution in [0.15, 0.2) is 52.3 Å². The maximum atomic E-state index is 13.7. The molecule has 0 atom stereocenters. The average molecular weight is 358 g/mol. The van der Waals surface area contributed by atoms with E-state index in [2.05, 4.69) is 41.6 Å². The number of rotatable bonds is 3. The van der Waals surface area contributed by atoms with Crippen LogP contribution >= 0.6 is 34.4 Å². The lowest BCUT2D eigenvalue weighted by Crippen LogP contribution is -1.83. The number of hydrogen-bond donors (Lipinski definition) is 0. The van der Waals surface area contributed by atoms with Gasteiger partial charge in [0.05, 0.1) is 0 Å². The SMILES string of the molecule is CCc1ccc(Sc2ccc(I)cc2F)cc1. The minimum atomic E-state index is -0.151. The van der Waals surface area contributed by atoms with Crippen LogP contribution in [0, 0.1) is 9.39 Å². The third-order valence-corrected chi connectivity index (χ3v) is 4.18. The van der Waals surface area contributed by atoms with Crippen LogP contribution in [0.5, 0.6) is 0 Å². The van der Waals surface area contributed by atoms with Crippen molar-refractivity contribution >= 4 is 34.4 Å². The fourth-order valence-corrected chi connectivity index (χ4v) is 2.75. The predicted molar refractivity (Wildman–Crippen MR) is 79.1 cm³/mol. The maximum absolute atomic E-state index is 13.7. The zero-order valence-electron chi connectivity index (χ0n) is 9.41. The van der Waals surface area contributed by atoms with Gasteiger partial charge in [-0.1, -0.05) is 30.8 Å². The van der Waals surface area contributed by atoms with Crippen LogP contribution in [-0.2, 0) is 6.42 Å². The second-order valence-electron chi connectivity index (χ2n) is 3.67. The molecule has 2 aromatic rings. The van der Waals surface area contributed by atoms with Crippen molar-refractivity contribution in [3.8, 4) is 0 Å². The summed E-state index contributed by atoms with van der Waals surface area (Å²) in [6.07, 6.45) is 1.03. The van der Waals surface area contributed by atoms with E-state index in [4.69, 9.17) is 0 Å². The first-order valence-electron chi connectivity index (χ1n) is 5.41. The van der Waals surface area contributed by atoms with Gasteiger partial charge in [0.15, 0.2) is 0 Å². The Labute approximate surface area is 119 Å². The Hall–Kier alpha value is -0.550. The lowest BCUT2D eigenvalue weighted by atomic mass is 10.2. The van der Waals surface area contributed by atoms with Crippen molar-refractivity contribution < 1.29 is 4.39 Å². The zero-order valence-corrected chi connectivity index (χ0v) is 12.4. The first-order valence-corrected chi connectivity index (χ1v) is 7.30. The van der Waals surface area contributed by atoms with Gasteiger partial charge in [-0.3, -0.25) is 0 Å². The van der Waals surface area contributed by atoms with Gasteiger partial charge in [0, 0.05) is 13.4 Å². The van der Waals surface area contributed by atoms with Gasteiger partial charge in [0.2, 0.25) is 0 Å². The van der Waals surface area contributed by atoms with Crippen LogP contribution < -0.4 is 0 Å². The summed E-state index contributed by atoms with van der Waals surface area (Å²) in [5.74, 6) is -0.151. The molecule has 0 aliphatic carbocycles. The van der Waals surface area contributed by atoms with Gasteiger partial charge >= 0.3 is 0 Å². The molecule has 3 heteroatoms. The Morgan fingerprint density at radius 1 is 1.12 bits per heavy atom. The molecule has 17 heavy (non-hydrogen) atoms. The third-order valence-electron chi connectivity index (χ3n) is 2.45. The summed E-state index contributed by atoms with van der Waals surface area (Å²) in [7, 11) is 0. The molecule has 0 spiro atoms. The highest BCUT2D eigenvalue weighted by molar-refractivity contribution is 14.1. The molecular weight excluding hydrogens is 346 g/mol. The Balaban J connectivity index is 2.19. The number of hydrogen-bond acceptors (Lipinski definition) is 1. The highest BCUT2D eigenvalue weighted by Gasteiger charge is 2.04. The summed E-state index contributed by atoms with van der Waals surface area (Å²) in [6, 6.07) is 13.6. The molecule has 0 radical (unpaired) electrons. The summed E-state index contributed by atoms with van der Waals surface area (Å²) in [6.45, 7) is 2.13. The van der Waals surface area contributed by atoms with Crippen molar-refractivity contribution in [1.29, 1.82) is 0 Å². The van der Waals surface area contributed by atoms with Gasteiger partial charge in [0.25, 0.3) is 0 Å². The normalized spacial score (nSPS) is 10.5. The molecule has 0 aliphatic heterocycles. The van der Waals surface area contributed by atoms with E-state index in [9.17, 15) is 4.39 Å². The van der Waals surface area contributed by atoms with Crippen molar-refractivity contribution in [1.82, 2.24) is 0 Å². The van der Waals surface area contributed by atoms with E-state index in [-0.39, 0.29) is 5.82 Å². The highest BCUT2D eigenvalue weighted by atomic mass is 127. The standard InChI is InChI=1S/C14H12FIS/c1-2-10-3-6-12(7-4-10)17-14-8-5-11(16)9-13(14)15/h3-9H,2H2,1H3. The first kappa shape index (κ1) is 12.9. The van der Waals surface area contributed by atoms with Crippen molar-refractivity contribution in [3.63, 3.8) is 0 Å². The van der Waals surface area contributed by atoms with Gasteiger partial charge in [-0.25, -0.2) is 4.39 Å². The quantitative estimate of drug-likeness (QED) is 0.685. The van der Waals surface area contributed by atoms with Crippen LogP contribution in [0.4, 0.5) is 4.39 Å². The van der Waals surface area contributed by atoms with E-state index in [1.807, 2.05) is 24.3 Å². The molecule has 0 nitrogen and oxygen atoms in total. The topological polar surface area (TPSA) is 0 Å². The first-order chi connectivity index (χ1) is 8.19. The Kier molecular flexibility index (Phi) is 4.45. The third kappa shape index (κ3) is 3.45. The Bertz CT molecular complexity index is 508. The summed E-state index contributed by atoms with van der Waals surface area (Å²) in [4.78, 5) is 1.75. The summed E-state index contributed by atoms with van der Waals surface area (Å²) < 4.78 is 14.6. The molecule has 0 saturated heterocycles. The van der Waals surface area contributed by atoms with E-state index in [1.54, 1.807) is 6.07 Å². The fourth-order valence-electron chi connectivity index (χ4n) is 1.48. The van der Waals surface area contributed by atoms with Crippen molar-refractivity contribution in [2.45, 2.75) is 23.1 Å². The highest BCUT2D eigenvalue weighted by Crippen LogP contribution is 2.30. The minimum absolute atomic E-state index is 0.151. The van der Waals surface area contributed by atoms with Gasteiger partial charge in [-0.15, -0.1) is 0 Å². The molecule has 88 valence electrons. The van der Waals surface area contributed by atoms with Gasteiger partial charge < -0.3 is 0 Å². The Morgan fingerprint density at radius 3 is 2.41 bits per heavy atom. The molecule has 2 rings (SSSR count). The molecule has 2 aromatic carbocycles. The monoisotopic (exact) mass is 358 g/mol. The predicted octanol–water partition coefficient (Wildman–Crippen LogP) is 5.14. The number of benzene rings is 2. The molecule has 0 fully saturated rings. The number of aryl methyl sites for hydroxylation is 1. The second-order valence-corrected chi connectivity index (χ2v) is 6.04. The second kappa shape index (κ2) is 5.87. The molecule has 0 aromatic heterocycles. The summed E-state index contributed by atoms with van der Waals surface area (Å²) in [5, 5.41) is 0. The van der Waals surface area contributed by atoms with Crippen LogP contribution in [0.1, 0.15) is 12.5 Å². The molecule has 0 N–H and O–H groups in total. The van der Waals surface area contributed by atoms with Crippen LogP contribution in [0.2, 0.25) is 0 Å². The van der Waals surface area contributed by atoms with Crippen LogP contribution in [0.25, 0.3) is 0 Å². The van der Waals surface area contributed by atoms with Gasteiger partial charge in [-0.05, 0) is 64.9 Å². The summed E-state index contributed by atoms with van der Waals surface area (Å²) in [5.41, 5.74) is 1.30. The largest absolute Gasteiger partial charge is 0.206 e. The van der Waals surface area contributed by atoms with E-state index in [1.165, 1.54) is 17.3 Å². The van der Waals surface area contributed by atoms with E-state index in [0.29, 0.717) is 4.90 Å². The molecule has 0 amide bonds. The lowest BCUT2D eigenvalue weighted by molar-refractivity contribution is 0.601. The van der Waals surface area contributed by atoms with Gasteiger partial charge in [-0.2, -0.15) is 0 Å². The molecule has 0 bridgehead atoms. The van der Waals surface area contributed by atoms with Gasteiger partial charge in [0.1, 0.15) is 5.82 Å². The summed E-state index contributed by atoms with van der Waals surface area (Å²) >= 11 is 3.58. The number of halogens is 2. The molecule has 0 aliphatic rings. The van der Waals surface area contributed by atoms with Crippen LogP contribution in [0.3, 0.4) is 0 Å². The van der Waals surface area contributed by atoms with Crippen molar-refractivity contribution in [2.75, 3.05) is 0 Å². The van der Waals surface area contributed by atoms with Crippen LogP contribution in [-0.4, -0.2) is 0 Å². The lowest BCUT2D eigenvalue weighted by Gasteiger charge is -2.04. The molecular formula is C14H12FIS. The Morgan fingerprint density at radius 2 is 1.82 bits per heavy atom. The smallest absolute Gasteiger partial charge is 0.138 e. The van der Waals surface area contributed by atoms with Crippen molar-refractivity contribution in [2.24, 2.45) is 0 Å². The molecule has 0 heterocycles. The minimum Gasteiger partial charge on any atom is -0.206 e. The van der Waals surface area contributed by atoms with E-state index < -0.39 is 0 Å². The zero-order chi connectivity index (χ0) is 12.3. The maximum Gasteiger partial charge on any atom is 0.138 e. The van der Waals surface area contributed by atoms with Crippen molar-refractivity contribution in [3.05, 3.63) is 57.4 Å². The van der Waals surface area contributed by atoms with E-state index in [0.717, 1.165) is 14.9 Å². The average Bonchev–Trinajstić information content (AvgIpc) is 2.34. The molecule has 0 saturated carbocycles. The van der Waals surface area contributed by atoms with E-state index >= 15 is 0 Å². The molecule has 0 unspecified atom stereocenters. The fraction of sp³-hybridized carbons (Fsp3) is 0.143.